The molecule has 0 saturated carbocycles. The molecule has 232 valence electrons. The van der Waals surface area contributed by atoms with E-state index in [1.54, 1.807) is 12.1 Å². The van der Waals surface area contributed by atoms with Gasteiger partial charge in [0.15, 0.2) is 6.29 Å². The van der Waals surface area contributed by atoms with Crippen LogP contribution in [0.25, 0.3) is 0 Å². The first-order chi connectivity index (χ1) is 20.1. The summed E-state index contributed by atoms with van der Waals surface area (Å²) in [6, 6.07) is 14.8. The molecule has 0 radical (unpaired) electrons. The lowest BCUT2D eigenvalue weighted by Crippen LogP contribution is -2.51. The van der Waals surface area contributed by atoms with Gasteiger partial charge in [0, 0.05) is 31.5 Å². The number of alkyl carbamates (subject to hydrolysis) is 1. The molecule has 2 aliphatic heterocycles. The minimum Gasteiger partial charge on any atom is -0.497 e. The number of aliphatic hydroxyl groups is 1. The van der Waals surface area contributed by atoms with Crippen molar-refractivity contribution in [2.75, 3.05) is 33.4 Å². The number of carbonyl (C=O) groups is 1. The first kappa shape index (κ1) is 32.2. The Bertz CT molecular complexity index is 1240. The predicted octanol–water partition coefficient (Wildman–Crippen LogP) is 3.83. The Labute approximate surface area is 249 Å². The van der Waals surface area contributed by atoms with Crippen molar-refractivity contribution in [3.8, 4) is 5.75 Å². The summed E-state index contributed by atoms with van der Waals surface area (Å²) in [4.78, 5) is 13.3. The number of fused-ring (bicyclic) bond motifs is 1. The lowest BCUT2D eigenvalue weighted by atomic mass is 9.86. The molecule has 2 aliphatic rings. The largest absolute Gasteiger partial charge is 0.497 e. The van der Waals surface area contributed by atoms with Gasteiger partial charge in [-0.05, 0) is 61.9 Å². The van der Waals surface area contributed by atoms with Crippen molar-refractivity contribution in [3.63, 3.8) is 0 Å². The van der Waals surface area contributed by atoms with Gasteiger partial charge in [0.05, 0.1) is 30.8 Å². The molecule has 6 atom stereocenters. The smallest absolute Gasteiger partial charge is 0.407 e. The maximum Gasteiger partial charge on any atom is 0.407 e. The number of amides is 1. The van der Waals surface area contributed by atoms with Crippen LogP contribution in [-0.4, -0.2) is 81.9 Å². The summed E-state index contributed by atoms with van der Waals surface area (Å²) in [5.41, 5.74) is 0.884. The highest BCUT2D eigenvalue weighted by Gasteiger charge is 2.43. The van der Waals surface area contributed by atoms with Crippen molar-refractivity contribution in [1.82, 2.24) is 9.62 Å². The van der Waals surface area contributed by atoms with Crippen LogP contribution in [0.2, 0.25) is 0 Å². The average molecular weight is 605 g/mol. The molecular formula is C31H44N2O8S. The number of nitrogens with one attached hydrogen (secondary N) is 1. The summed E-state index contributed by atoms with van der Waals surface area (Å²) >= 11 is 0. The molecule has 2 saturated heterocycles. The second-order valence-electron chi connectivity index (χ2n) is 11.6. The highest BCUT2D eigenvalue weighted by atomic mass is 32.2. The van der Waals surface area contributed by atoms with Crippen LogP contribution in [0, 0.1) is 17.8 Å². The van der Waals surface area contributed by atoms with Crippen LogP contribution in [0.1, 0.15) is 39.2 Å². The third kappa shape index (κ3) is 8.23. The number of rotatable bonds is 13. The lowest BCUT2D eigenvalue weighted by molar-refractivity contribution is -0.152. The fourth-order valence-electron chi connectivity index (χ4n) is 5.68. The van der Waals surface area contributed by atoms with Gasteiger partial charge >= 0.3 is 6.09 Å². The first-order valence-corrected chi connectivity index (χ1v) is 16.1. The van der Waals surface area contributed by atoms with Gasteiger partial charge in [-0.15, -0.1) is 0 Å². The lowest BCUT2D eigenvalue weighted by Gasteiger charge is -2.32. The van der Waals surface area contributed by atoms with E-state index in [4.69, 9.17) is 18.9 Å². The molecule has 2 heterocycles. The van der Waals surface area contributed by atoms with E-state index in [1.807, 2.05) is 51.1 Å². The maximum absolute atomic E-state index is 13.7. The third-order valence-corrected chi connectivity index (χ3v) is 9.78. The van der Waals surface area contributed by atoms with Gasteiger partial charge in [0.25, 0.3) is 0 Å². The minimum absolute atomic E-state index is 0.00204. The molecule has 0 aromatic heterocycles. The van der Waals surface area contributed by atoms with Gasteiger partial charge in [-0.3, -0.25) is 0 Å². The molecule has 2 N–H and O–H groups in total. The Balaban J connectivity index is 1.49. The average Bonchev–Trinajstić information content (AvgIpc) is 3.41. The Morgan fingerprint density at radius 2 is 1.79 bits per heavy atom. The number of ether oxygens (including phenoxy) is 4. The molecule has 42 heavy (non-hydrogen) atoms. The van der Waals surface area contributed by atoms with E-state index in [2.05, 4.69) is 5.32 Å². The molecule has 2 aromatic carbocycles. The Morgan fingerprint density at radius 1 is 1.07 bits per heavy atom. The highest BCUT2D eigenvalue weighted by molar-refractivity contribution is 7.89. The van der Waals surface area contributed by atoms with E-state index in [-0.39, 0.29) is 48.4 Å². The fourth-order valence-corrected chi connectivity index (χ4v) is 7.30. The van der Waals surface area contributed by atoms with Gasteiger partial charge < -0.3 is 29.4 Å². The number of methoxy groups -OCH3 is 1. The normalized spacial score (nSPS) is 22.8. The van der Waals surface area contributed by atoms with Crippen molar-refractivity contribution in [2.24, 2.45) is 17.8 Å². The number of aliphatic hydroxyl groups excluding tert-OH is 1. The van der Waals surface area contributed by atoms with Crippen LogP contribution < -0.4 is 10.1 Å². The van der Waals surface area contributed by atoms with Crippen LogP contribution in [0.4, 0.5) is 4.79 Å². The third-order valence-electron chi connectivity index (χ3n) is 7.94. The zero-order chi connectivity index (χ0) is 30.3. The van der Waals surface area contributed by atoms with E-state index in [1.165, 1.54) is 23.5 Å². The number of sulfonamides is 1. The summed E-state index contributed by atoms with van der Waals surface area (Å²) in [6.45, 7) is 6.78. The molecule has 2 aromatic rings. The molecule has 4 rings (SSSR count). The van der Waals surface area contributed by atoms with Crippen molar-refractivity contribution < 1.29 is 37.3 Å². The summed E-state index contributed by atoms with van der Waals surface area (Å²) in [5, 5.41) is 14.3. The minimum atomic E-state index is -3.94. The number of carbonyl (C=O) groups excluding carboxylic acids is 1. The van der Waals surface area contributed by atoms with E-state index < -0.39 is 34.4 Å². The number of hydrogen-bond acceptors (Lipinski definition) is 8. The molecule has 2 fully saturated rings. The molecule has 1 amide bonds. The molecule has 0 spiro atoms. The summed E-state index contributed by atoms with van der Waals surface area (Å²) in [5.74, 6) is 0.715. The zero-order valence-electron chi connectivity index (χ0n) is 24.8. The van der Waals surface area contributed by atoms with E-state index in [0.717, 1.165) is 18.4 Å². The van der Waals surface area contributed by atoms with E-state index in [0.29, 0.717) is 19.0 Å². The molecular weight excluding hydrogens is 560 g/mol. The predicted molar refractivity (Wildman–Crippen MR) is 158 cm³/mol. The van der Waals surface area contributed by atoms with Crippen LogP contribution in [-0.2, 0) is 30.7 Å². The van der Waals surface area contributed by atoms with Crippen molar-refractivity contribution in [3.05, 3.63) is 60.2 Å². The molecule has 11 heteroatoms. The number of hydrogen-bond donors (Lipinski definition) is 2. The zero-order valence-corrected chi connectivity index (χ0v) is 25.7. The number of benzene rings is 2. The van der Waals surface area contributed by atoms with Crippen LogP contribution in [0.3, 0.4) is 0 Å². The Morgan fingerprint density at radius 3 is 2.45 bits per heavy atom. The molecule has 10 nitrogen and oxygen atoms in total. The molecule has 0 bridgehead atoms. The van der Waals surface area contributed by atoms with Gasteiger partial charge in [-0.2, -0.15) is 4.31 Å². The first-order valence-electron chi connectivity index (χ1n) is 14.6. The Hall–Kier alpha value is -2.70. The number of nitrogens with zero attached hydrogens (tertiary/aromatic N) is 1. The maximum atomic E-state index is 13.7. The summed E-state index contributed by atoms with van der Waals surface area (Å²) in [6.07, 6.45) is -0.392. The van der Waals surface area contributed by atoms with Gasteiger partial charge in [0.1, 0.15) is 11.9 Å². The quantitative estimate of drug-likeness (QED) is 0.354. The summed E-state index contributed by atoms with van der Waals surface area (Å²) < 4.78 is 51.0. The SMILES string of the molecule is COc1ccc(S(=O)(=O)N(CC(C)C)C[C@@H](O)C(Cc2ccccc2)NC(=O)O[C@H](C)[C@H]2CO[C@H]3OCCC[C@H]32)cc1. The van der Waals surface area contributed by atoms with Crippen molar-refractivity contribution in [2.45, 2.75) is 69.5 Å². The highest BCUT2D eigenvalue weighted by Crippen LogP contribution is 2.37. The van der Waals surface area contributed by atoms with Crippen LogP contribution in [0.5, 0.6) is 5.75 Å². The standard InChI is InChI=1S/C31H44N2O8S/c1-21(2)18-33(42(36,37)25-14-12-24(38-4)13-15-25)19-29(34)28(17-23-9-6-5-7-10-23)32-31(35)41-22(3)27-20-40-30-26(27)11-8-16-39-30/h5-7,9-10,12-15,21-22,26-30,34H,8,11,16-20H2,1-4H3,(H,32,35)/t22-,26+,27-,28?,29-,30-/m1/s1. The molecule has 0 aliphatic carbocycles. The van der Waals surface area contributed by atoms with E-state index in [9.17, 15) is 18.3 Å². The van der Waals surface area contributed by atoms with Gasteiger partial charge in [-0.1, -0.05) is 44.2 Å². The fraction of sp³-hybridized carbons (Fsp3) is 0.581. The second-order valence-corrected chi connectivity index (χ2v) is 13.5. The van der Waals surface area contributed by atoms with Crippen LogP contribution >= 0.6 is 0 Å². The van der Waals surface area contributed by atoms with Crippen molar-refractivity contribution in [1.29, 1.82) is 0 Å². The van der Waals surface area contributed by atoms with Crippen molar-refractivity contribution >= 4 is 16.1 Å². The second kappa shape index (κ2) is 14.7. The summed E-state index contributed by atoms with van der Waals surface area (Å²) in [7, 11) is -2.43. The van der Waals surface area contributed by atoms with Gasteiger partial charge in [-0.25, -0.2) is 13.2 Å². The van der Waals surface area contributed by atoms with E-state index >= 15 is 0 Å². The topological polar surface area (TPSA) is 124 Å². The molecule has 1 unspecified atom stereocenters. The van der Waals surface area contributed by atoms with Crippen LogP contribution in [0.15, 0.2) is 59.5 Å². The van der Waals surface area contributed by atoms with Gasteiger partial charge in [0.2, 0.25) is 10.0 Å². The monoisotopic (exact) mass is 604 g/mol. The Kier molecular flexibility index (Phi) is 11.2.